The van der Waals surface area contributed by atoms with Gasteiger partial charge in [0.05, 0.1) is 0 Å². The molecule has 0 saturated heterocycles. The summed E-state index contributed by atoms with van der Waals surface area (Å²) < 4.78 is 62.1. The number of alkyl halides is 3. The van der Waals surface area contributed by atoms with Crippen LogP contribution in [0.15, 0.2) is 0 Å². The van der Waals surface area contributed by atoms with Crippen molar-refractivity contribution in [3.05, 3.63) is 0 Å². The second-order valence-corrected chi connectivity index (χ2v) is 12.9. The van der Waals surface area contributed by atoms with Gasteiger partial charge in [0.1, 0.15) is 0 Å². The highest BCUT2D eigenvalue weighted by molar-refractivity contribution is 7.88. The van der Waals surface area contributed by atoms with Gasteiger partial charge in [0, 0.05) is 0 Å². The van der Waals surface area contributed by atoms with E-state index in [9.17, 15) is 21.6 Å². The molecule has 136 valence electrons. The fourth-order valence-corrected chi connectivity index (χ4v) is 4.69. The minimum Gasteiger partial charge on any atom is -0.308 e. The summed E-state index contributed by atoms with van der Waals surface area (Å²) >= 11 is 0. The summed E-state index contributed by atoms with van der Waals surface area (Å²) in [7, 11) is -8.43. The summed E-state index contributed by atoms with van der Waals surface area (Å²) in [6.45, 7) is 18.0. The van der Waals surface area contributed by atoms with Gasteiger partial charge < -0.3 is 8.77 Å². The average molecular weight is 366 g/mol. The standard InChI is InChI=1S/C7H15F3O3SSi.C6H15N/c1-6(2,3)15(4,5)13-14(11,12)7(8,9)10;1-4-7(5-2)6-3/h1-5H3;4-6H2,1-3H3. The molecule has 0 aromatic carbocycles. The third-order valence-electron chi connectivity index (χ3n) is 3.75. The molecule has 0 aliphatic rings. The zero-order chi connectivity index (χ0) is 18.4. The Morgan fingerprint density at radius 1 is 0.955 bits per heavy atom. The largest absolute Gasteiger partial charge is 0.522 e. The molecule has 0 rings (SSSR count). The maximum absolute atomic E-state index is 12.1. The maximum Gasteiger partial charge on any atom is 0.522 e. The van der Waals surface area contributed by atoms with E-state index in [4.69, 9.17) is 0 Å². The van der Waals surface area contributed by atoms with Crippen LogP contribution in [0.2, 0.25) is 18.1 Å². The monoisotopic (exact) mass is 365 g/mol. The van der Waals surface area contributed by atoms with Gasteiger partial charge in [-0.1, -0.05) is 41.5 Å². The first-order chi connectivity index (χ1) is 9.55. The van der Waals surface area contributed by atoms with Crippen molar-refractivity contribution in [2.45, 2.75) is 65.2 Å². The third kappa shape index (κ3) is 7.93. The van der Waals surface area contributed by atoms with Crippen LogP contribution >= 0.6 is 0 Å². The quantitative estimate of drug-likeness (QED) is 0.541. The van der Waals surface area contributed by atoms with E-state index in [1.807, 2.05) is 0 Å². The summed E-state index contributed by atoms with van der Waals surface area (Å²) in [4.78, 5) is 2.38. The molecule has 0 unspecified atom stereocenters. The van der Waals surface area contributed by atoms with E-state index in [2.05, 4.69) is 29.5 Å². The molecule has 0 aromatic heterocycles. The molecule has 0 fully saturated rings. The molecule has 0 heterocycles. The van der Waals surface area contributed by atoms with Crippen LogP contribution in [0, 0.1) is 0 Å². The van der Waals surface area contributed by atoms with Crippen LogP contribution in [0.1, 0.15) is 41.5 Å². The van der Waals surface area contributed by atoms with Gasteiger partial charge in [0.15, 0.2) is 0 Å². The zero-order valence-corrected chi connectivity index (χ0v) is 16.7. The van der Waals surface area contributed by atoms with Gasteiger partial charge in [-0.15, -0.1) is 0 Å². The van der Waals surface area contributed by atoms with E-state index in [0.29, 0.717) is 0 Å². The summed E-state index contributed by atoms with van der Waals surface area (Å²) in [5.74, 6) is 0. The van der Waals surface area contributed by atoms with E-state index in [0.717, 1.165) is 0 Å². The summed E-state index contributed by atoms with van der Waals surface area (Å²) in [6.07, 6.45) is 0. The minimum atomic E-state index is -5.48. The summed E-state index contributed by atoms with van der Waals surface area (Å²) in [6, 6.07) is 0. The Morgan fingerprint density at radius 3 is 1.41 bits per heavy atom. The highest BCUT2D eigenvalue weighted by atomic mass is 32.2. The van der Waals surface area contributed by atoms with Crippen molar-refractivity contribution in [3.63, 3.8) is 0 Å². The van der Waals surface area contributed by atoms with Crippen LogP contribution < -0.4 is 0 Å². The van der Waals surface area contributed by atoms with E-state index < -0.39 is 29.0 Å². The first kappa shape index (κ1) is 24.1. The van der Waals surface area contributed by atoms with Crippen molar-refractivity contribution in [2.24, 2.45) is 0 Å². The van der Waals surface area contributed by atoms with Gasteiger partial charge in [0.2, 0.25) is 8.32 Å². The Bertz CT molecular complexity index is 408. The van der Waals surface area contributed by atoms with Crippen LogP contribution in [0.4, 0.5) is 13.2 Å². The molecule has 4 nitrogen and oxygen atoms in total. The van der Waals surface area contributed by atoms with Crippen LogP contribution in [0.25, 0.3) is 0 Å². The smallest absolute Gasteiger partial charge is 0.308 e. The second kappa shape index (κ2) is 8.65. The SMILES string of the molecule is CC(C)(C)[Si](C)(C)OS(=O)(=O)C(F)(F)F.CCN(CC)CC. The zero-order valence-electron chi connectivity index (χ0n) is 14.8. The third-order valence-corrected chi connectivity index (χ3v) is 10.5. The van der Waals surface area contributed by atoms with E-state index in [-0.39, 0.29) is 0 Å². The highest BCUT2D eigenvalue weighted by Gasteiger charge is 2.52. The second-order valence-electron chi connectivity index (χ2n) is 6.36. The van der Waals surface area contributed by atoms with E-state index in [1.54, 1.807) is 20.8 Å². The van der Waals surface area contributed by atoms with Crippen molar-refractivity contribution in [2.75, 3.05) is 19.6 Å². The maximum atomic E-state index is 12.1. The van der Waals surface area contributed by atoms with Crippen molar-refractivity contribution in [1.82, 2.24) is 4.90 Å². The number of halogens is 3. The lowest BCUT2D eigenvalue weighted by Gasteiger charge is -2.35. The fraction of sp³-hybridized carbons (Fsp3) is 1.00. The molecule has 0 aliphatic carbocycles. The Balaban J connectivity index is 0. The predicted molar refractivity (Wildman–Crippen MR) is 86.7 cm³/mol. The molecule has 0 amide bonds. The highest BCUT2D eigenvalue weighted by Crippen LogP contribution is 2.40. The number of hydrogen-bond acceptors (Lipinski definition) is 4. The summed E-state index contributed by atoms with van der Waals surface area (Å²) in [5.41, 5.74) is -5.34. The van der Waals surface area contributed by atoms with Gasteiger partial charge >= 0.3 is 15.6 Å². The molecule has 0 atom stereocenters. The van der Waals surface area contributed by atoms with Gasteiger partial charge in [-0.05, 0) is 37.8 Å². The fourth-order valence-electron chi connectivity index (χ4n) is 1.12. The Morgan fingerprint density at radius 2 is 1.27 bits per heavy atom. The van der Waals surface area contributed by atoms with E-state index in [1.165, 1.54) is 32.7 Å². The summed E-state index contributed by atoms with van der Waals surface area (Å²) in [5, 5.41) is -0.592. The average Bonchev–Trinajstić information content (AvgIpc) is 2.27. The molecular formula is C13H30F3NO3SSi. The predicted octanol–water partition coefficient (Wildman–Crippen LogP) is 4.21. The van der Waals surface area contributed by atoms with Crippen LogP contribution in [-0.4, -0.2) is 46.8 Å². The van der Waals surface area contributed by atoms with Crippen LogP contribution in [0.5, 0.6) is 0 Å². The first-order valence-electron chi connectivity index (χ1n) is 7.30. The van der Waals surface area contributed by atoms with Gasteiger partial charge in [-0.3, -0.25) is 0 Å². The van der Waals surface area contributed by atoms with Crippen molar-refractivity contribution in [1.29, 1.82) is 0 Å². The number of nitrogens with zero attached hydrogens (tertiary/aromatic N) is 1. The molecule has 0 saturated carbocycles. The lowest BCUT2D eigenvalue weighted by molar-refractivity contribution is -0.0504. The Hall–Kier alpha value is -0.123. The topological polar surface area (TPSA) is 46.6 Å². The van der Waals surface area contributed by atoms with Gasteiger partial charge in [-0.2, -0.15) is 21.6 Å². The molecule has 9 heteroatoms. The van der Waals surface area contributed by atoms with Crippen molar-refractivity contribution >= 4 is 18.4 Å². The molecular weight excluding hydrogens is 335 g/mol. The lowest BCUT2D eigenvalue weighted by atomic mass is 10.2. The Labute approximate surface area is 134 Å². The van der Waals surface area contributed by atoms with Crippen LogP contribution in [-0.2, 0) is 14.0 Å². The molecule has 0 aliphatic heterocycles. The van der Waals surface area contributed by atoms with E-state index >= 15 is 0 Å². The first-order valence-corrected chi connectivity index (χ1v) is 11.6. The minimum absolute atomic E-state index is 0.592. The number of hydrogen-bond donors (Lipinski definition) is 0. The van der Waals surface area contributed by atoms with Crippen LogP contribution in [0.3, 0.4) is 0 Å². The Kier molecular flexibility index (Phi) is 9.49. The molecule has 0 bridgehead atoms. The molecule has 0 spiro atoms. The lowest BCUT2D eigenvalue weighted by Crippen LogP contribution is -2.45. The number of rotatable bonds is 5. The molecule has 22 heavy (non-hydrogen) atoms. The molecule has 0 aromatic rings. The van der Waals surface area contributed by atoms with Crippen molar-refractivity contribution in [3.8, 4) is 0 Å². The molecule has 0 radical (unpaired) electrons. The van der Waals surface area contributed by atoms with Gasteiger partial charge in [0.25, 0.3) is 0 Å². The normalized spacial score (nSPS) is 13.8. The van der Waals surface area contributed by atoms with Gasteiger partial charge in [-0.25, -0.2) is 0 Å². The molecule has 0 N–H and O–H groups in total. The van der Waals surface area contributed by atoms with Crippen molar-refractivity contribution < 1.29 is 25.5 Å².